The van der Waals surface area contributed by atoms with Crippen molar-refractivity contribution < 1.29 is 0 Å². The van der Waals surface area contributed by atoms with E-state index in [4.69, 9.17) is 0 Å². The molecule has 0 fully saturated rings. The largest absolute Gasteiger partial charge is 0.311 e. The Morgan fingerprint density at radius 3 is 1.22 bits per heavy atom. The Morgan fingerprint density at radius 1 is 0.315 bits per heavy atom. The Balaban J connectivity index is 1.14. The van der Waals surface area contributed by atoms with Gasteiger partial charge in [0.1, 0.15) is 0 Å². The second-order valence-electron chi connectivity index (χ2n) is 13.7. The molecule has 0 aliphatic heterocycles. The molecule has 0 atom stereocenters. The highest BCUT2D eigenvalue weighted by atomic mass is 16.1. The third-order valence-electron chi connectivity index (χ3n) is 10.6. The van der Waals surface area contributed by atoms with Crippen molar-refractivity contribution >= 4 is 44.1 Å². The van der Waals surface area contributed by atoms with Crippen molar-refractivity contribution in [1.29, 1.82) is 0 Å². The van der Waals surface area contributed by atoms with E-state index in [1.54, 1.807) is 0 Å². The van der Waals surface area contributed by atoms with E-state index in [2.05, 4.69) is 163 Å². The van der Waals surface area contributed by atoms with Gasteiger partial charge < -0.3 is 4.90 Å². The Bertz CT molecular complexity index is 2870. The molecule has 10 aromatic rings. The summed E-state index contributed by atoms with van der Waals surface area (Å²) < 4.78 is 1.94. The summed E-state index contributed by atoms with van der Waals surface area (Å²) in [4.78, 5) is 16.7. The number of benzene rings is 8. The summed E-state index contributed by atoms with van der Waals surface area (Å²) in [6.45, 7) is 0. The Hall–Kier alpha value is -7.23. The molecule has 0 amide bonds. The molecule has 254 valence electrons. The minimum atomic E-state index is 0.0000903. The molecule has 3 nitrogen and oxygen atoms in total. The number of pyridine rings is 1. The van der Waals surface area contributed by atoms with Crippen LogP contribution in [0.4, 0.5) is 17.1 Å². The highest BCUT2D eigenvalue weighted by molar-refractivity contribution is 6.18. The van der Waals surface area contributed by atoms with E-state index >= 15 is 0 Å². The summed E-state index contributed by atoms with van der Waals surface area (Å²) in [5.74, 6) is 0. The molecule has 2 heterocycles. The quantitative estimate of drug-likeness (QED) is 0.156. The molecule has 0 spiro atoms. The molecule has 54 heavy (non-hydrogen) atoms. The van der Waals surface area contributed by atoms with Crippen molar-refractivity contribution in [2.75, 3.05) is 4.90 Å². The monoisotopic (exact) mass is 690 g/mol. The summed E-state index contributed by atoms with van der Waals surface area (Å²) in [6, 6.07) is 72.0. The minimum absolute atomic E-state index is 0.0000903. The SMILES string of the molecule is O=c1c2ccccc2c2cccc3c(-c4ccc(N(c5ccc(-c6ccccc6)cc5)c5ccc(-c6ccccc6)cc5)cc4)c(-c4ccccc4)n1c32. The average molecular weight is 691 g/mol. The maximum atomic E-state index is 14.4. The van der Waals surface area contributed by atoms with E-state index in [1.807, 2.05) is 52.9 Å². The first-order chi connectivity index (χ1) is 26.7. The molecular formula is C51H34N2O. The van der Waals surface area contributed by atoms with Crippen LogP contribution in [0.3, 0.4) is 0 Å². The number of fused-ring (bicyclic) bond motifs is 2. The lowest BCUT2D eigenvalue weighted by Gasteiger charge is -2.26. The molecule has 0 radical (unpaired) electrons. The summed E-state index contributed by atoms with van der Waals surface area (Å²) in [6.07, 6.45) is 0. The number of hydrogen-bond acceptors (Lipinski definition) is 2. The second-order valence-corrected chi connectivity index (χ2v) is 13.7. The highest BCUT2D eigenvalue weighted by Crippen LogP contribution is 2.44. The zero-order valence-corrected chi connectivity index (χ0v) is 29.4. The van der Waals surface area contributed by atoms with Crippen LogP contribution in [-0.4, -0.2) is 4.40 Å². The smallest absolute Gasteiger partial charge is 0.263 e. The molecule has 0 bridgehead atoms. The summed E-state index contributed by atoms with van der Waals surface area (Å²) >= 11 is 0. The summed E-state index contributed by atoms with van der Waals surface area (Å²) in [5.41, 5.74) is 12.9. The van der Waals surface area contributed by atoms with E-state index in [9.17, 15) is 4.79 Å². The van der Waals surface area contributed by atoms with Gasteiger partial charge in [-0.2, -0.15) is 0 Å². The van der Waals surface area contributed by atoms with Gasteiger partial charge in [0.15, 0.2) is 0 Å². The van der Waals surface area contributed by atoms with Gasteiger partial charge in [0.05, 0.1) is 11.2 Å². The summed E-state index contributed by atoms with van der Waals surface area (Å²) in [5, 5.41) is 3.84. The van der Waals surface area contributed by atoms with Gasteiger partial charge >= 0.3 is 0 Å². The van der Waals surface area contributed by atoms with Gasteiger partial charge in [0.25, 0.3) is 5.56 Å². The van der Waals surface area contributed by atoms with Gasteiger partial charge in [-0.05, 0) is 81.2 Å². The lowest BCUT2D eigenvalue weighted by Crippen LogP contribution is -2.14. The first-order valence-electron chi connectivity index (χ1n) is 18.3. The van der Waals surface area contributed by atoms with Crippen LogP contribution in [0, 0.1) is 0 Å². The first-order valence-corrected chi connectivity index (χ1v) is 18.3. The summed E-state index contributed by atoms with van der Waals surface area (Å²) in [7, 11) is 0. The van der Waals surface area contributed by atoms with Gasteiger partial charge in [-0.25, -0.2) is 0 Å². The van der Waals surface area contributed by atoms with Crippen LogP contribution in [0.1, 0.15) is 0 Å². The van der Waals surface area contributed by atoms with Gasteiger partial charge in [-0.3, -0.25) is 9.20 Å². The lowest BCUT2D eigenvalue weighted by atomic mass is 9.97. The van der Waals surface area contributed by atoms with Crippen LogP contribution >= 0.6 is 0 Å². The van der Waals surface area contributed by atoms with Crippen LogP contribution in [0.5, 0.6) is 0 Å². The topological polar surface area (TPSA) is 24.7 Å². The number of anilines is 3. The fourth-order valence-electron chi connectivity index (χ4n) is 8.04. The normalized spacial score (nSPS) is 11.4. The Morgan fingerprint density at radius 2 is 0.704 bits per heavy atom. The second kappa shape index (κ2) is 13.1. The number of aromatic nitrogens is 1. The van der Waals surface area contributed by atoms with Crippen molar-refractivity contribution in [3.8, 4) is 44.6 Å². The van der Waals surface area contributed by atoms with Crippen LogP contribution in [0.25, 0.3) is 71.7 Å². The van der Waals surface area contributed by atoms with Crippen molar-refractivity contribution in [2.24, 2.45) is 0 Å². The number of nitrogens with zero attached hydrogens (tertiary/aromatic N) is 2. The van der Waals surface area contributed by atoms with Crippen molar-refractivity contribution in [1.82, 2.24) is 4.40 Å². The van der Waals surface area contributed by atoms with Gasteiger partial charge in [-0.1, -0.05) is 164 Å². The molecule has 8 aromatic carbocycles. The molecule has 0 saturated carbocycles. The van der Waals surface area contributed by atoms with E-state index in [0.717, 1.165) is 66.5 Å². The molecule has 0 unspecified atom stereocenters. The molecule has 3 heteroatoms. The highest BCUT2D eigenvalue weighted by Gasteiger charge is 2.24. The zero-order chi connectivity index (χ0) is 36.0. The predicted octanol–water partition coefficient (Wildman–Crippen LogP) is 13.2. The molecule has 0 aliphatic carbocycles. The van der Waals surface area contributed by atoms with Crippen molar-refractivity contribution in [2.45, 2.75) is 0 Å². The predicted molar refractivity (Wildman–Crippen MR) is 226 cm³/mol. The Labute approximate surface area is 313 Å². The van der Waals surface area contributed by atoms with Gasteiger partial charge in [-0.15, -0.1) is 0 Å². The third-order valence-corrected chi connectivity index (χ3v) is 10.6. The Kier molecular flexibility index (Phi) is 7.63. The first kappa shape index (κ1) is 31.5. The van der Waals surface area contributed by atoms with E-state index < -0.39 is 0 Å². The van der Waals surface area contributed by atoms with Crippen LogP contribution in [0.2, 0.25) is 0 Å². The molecular weight excluding hydrogens is 657 g/mol. The van der Waals surface area contributed by atoms with Crippen molar-refractivity contribution in [3.63, 3.8) is 0 Å². The van der Waals surface area contributed by atoms with E-state index in [1.165, 1.54) is 22.3 Å². The fraction of sp³-hybridized carbons (Fsp3) is 0. The maximum absolute atomic E-state index is 14.4. The number of para-hydroxylation sites is 1. The lowest BCUT2D eigenvalue weighted by molar-refractivity contribution is 1.16. The van der Waals surface area contributed by atoms with Crippen LogP contribution in [0.15, 0.2) is 211 Å². The molecule has 2 aromatic heterocycles. The van der Waals surface area contributed by atoms with Crippen LogP contribution < -0.4 is 10.5 Å². The standard InChI is InChI=1S/C51H34N2O/c54-51-46-20-11-10-19-44(46)45-21-12-22-47-48(49(53(51)50(45)47)40-17-8-3-9-18-40)39-27-33-43(34-28-39)52(41-29-23-37(24-30-41)35-13-4-1-5-14-35)42-31-25-38(26-32-42)36-15-6-2-7-16-36/h1-34H. The molecule has 0 aliphatic rings. The average Bonchev–Trinajstić information content (AvgIpc) is 3.61. The van der Waals surface area contributed by atoms with Crippen molar-refractivity contribution in [3.05, 3.63) is 217 Å². The molecule has 10 rings (SSSR count). The minimum Gasteiger partial charge on any atom is -0.311 e. The maximum Gasteiger partial charge on any atom is 0.263 e. The molecule has 0 saturated heterocycles. The zero-order valence-electron chi connectivity index (χ0n) is 29.4. The number of hydrogen-bond donors (Lipinski definition) is 0. The van der Waals surface area contributed by atoms with E-state index in [0.29, 0.717) is 0 Å². The van der Waals surface area contributed by atoms with Crippen LogP contribution in [-0.2, 0) is 0 Å². The van der Waals surface area contributed by atoms with E-state index in [-0.39, 0.29) is 5.56 Å². The third kappa shape index (κ3) is 5.25. The fourth-order valence-corrected chi connectivity index (χ4v) is 8.04. The number of rotatable bonds is 7. The van der Waals surface area contributed by atoms with Gasteiger partial charge in [0, 0.05) is 38.8 Å². The van der Waals surface area contributed by atoms with Gasteiger partial charge in [0.2, 0.25) is 0 Å². The molecule has 0 N–H and O–H groups in total.